The zero-order valence-corrected chi connectivity index (χ0v) is 11.6. The van der Waals surface area contributed by atoms with Crippen LogP contribution in [0.2, 0.25) is 0 Å². The standard InChI is InChI=1S/C13H16F3N3O2/c1-21-12(20)9-2-4-19(5-3-9)11-6-10(17-8-18-11)7-13(14,15)16/h6,8-9H,2-5,7H2,1H3. The van der Waals surface area contributed by atoms with Crippen LogP contribution < -0.4 is 4.90 Å². The molecule has 0 bridgehead atoms. The second kappa shape index (κ2) is 6.28. The van der Waals surface area contributed by atoms with E-state index in [4.69, 9.17) is 4.74 Å². The third kappa shape index (κ3) is 4.30. The molecule has 116 valence electrons. The third-order valence-corrected chi connectivity index (χ3v) is 3.44. The van der Waals surface area contributed by atoms with Gasteiger partial charge < -0.3 is 9.64 Å². The molecule has 21 heavy (non-hydrogen) atoms. The molecule has 0 N–H and O–H groups in total. The number of nitrogens with zero attached hydrogens (tertiary/aromatic N) is 3. The highest BCUT2D eigenvalue weighted by atomic mass is 19.4. The Morgan fingerprint density at radius 2 is 2.05 bits per heavy atom. The number of piperidine rings is 1. The highest BCUT2D eigenvalue weighted by molar-refractivity contribution is 5.72. The fourth-order valence-corrected chi connectivity index (χ4v) is 2.37. The molecule has 0 aromatic carbocycles. The Bertz CT molecular complexity index is 500. The summed E-state index contributed by atoms with van der Waals surface area (Å²) in [7, 11) is 1.35. The molecule has 1 aromatic heterocycles. The first-order valence-electron chi connectivity index (χ1n) is 6.59. The molecule has 0 amide bonds. The van der Waals surface area contributed by atoms with Gasteiger partial charge in [0, 0.05) is 19.2 Å². The van der Waals surface area contributed by atoms with Crippen LogP contribution in [0.25, 0.3) is 0 Å². The molecule has 0 unspecified atom stereocenters. The van der Waals surface area contributed by atoms with E-state index < -0.39 is 12.6 Å². The predicted octanol–water partition coefficient (Wildman–Crippen LogP) is 1.97. The minimum absolute atomic E-state index is 0.0532. The molecule has 1 aliphatic rings. The normalized spacial score (nSPS) is 16.9. The van der Waals surface area contributed by atoms with Crippen LogP contribution >= 0.6 is 0 Å². The fourth-order valence-electron chi connectivity index (χ4n) is 2.37. The largest absolute Gasteiger partial charge is 0.469 e. The van der Waals surface area contributed by atoms with E-state index in [0.717, 1.165) is 6.33 Å². The van der Waals surface area contributed by atoms with Crippen molar-refractivity contribution in [2.75, 3.05) is 25.1 Å². The highest BCUT2D eigenvalue weighted by Crippen LogP contribution is 2.25. The van der Waals surface area contributed by atoms with Gasteiger partial charge in [0.25, 0.3) is 0 Å². The van der Waals surface area contributed by atoms with Crippen molar-refractivity contribution in [3.63, 3.8) is 0 Å². The third-order valence-electron chi connectivity index (χ3n) is 3.44. The van der Waals surface area contributed by atoms with Gasteiger partial charge in [-0.15, -0.1) is 0 Å². The smallest absolute Gasteiger partial charge is 0.394 e. The van der Waals surface area contributed by atoms with Crippen LogP contribution in [0.4, 0.5) is 19.0 Å². The van der Waals surface area contributed by atoms with Gasteiger partial charge in [-0.3, -0.25) is 4.79 Å². The number of rotatable bonds is 3. The molecule has 0 saturated carbocycles. The number of methoxy groups -OCH3 is 1. The van der Waals surface area contributed by atoms with E-state index in [1.165, 1.54) is 13.2 Å². The molecular weight excluding hydrogens is 287 g/mol. The molecule has 2 heterocycles. The van der Waals surface area contributed by atoms with Crippen molar-refractivity contribution in [3.05, 3.63) is 18.1 Å². The van der Waals surface area contributed by atoms with E-state index in [9.17, 15) is 18.0 Å². The quantitative estimate of drug-likeness (QED) is 0.799. The van der Waals surface area contributed by atoms with E-state index in [1.54, 1.807) is 0 Å². The summed E-state index contributed by atoms with van der Waals surface area (Å²) in [5.41, 5.74) is -0.0532. The fraction of sp³-hybridized carbons (Fsp3) is 0.615. The van der Waals surface area contributed by atoms with E-state index in [1.807, 2.05) is 4.90 Å². The van der Waals surface area contributed by atoms with Gasteiger partial charge in [-0.05, 0) is 12.8 Å². The van der Waals surface area contributed by atoms with Crippen molar-refractivity contribution in [2.24, 2.45) is 5.92 Å². The summed E-state index contributed by atoms with van der Waals surface area (Å²) in [6.07, 6.45) is -3.01. The Morgan fingerprint density at radius 3 is 2.62 bits per heavy atom. The number of ether oxygens (including phenoxy) is 1. The van der Waals surface area contributed by atoms with E-state index >= 15 is 0 Å². The SMILES string of the molecule is COC(=O)C1CCN(c2cc(CC(F)(F)F)ncn2)CC1. The molecule has 0 atom stereocenters. The summed E-state index contributed by atoms with van der Waals surface area (Å²) in [4.78, 5) is 21.0. The van der Waals surface area contributed by atoms with Crippen LogP contribution in [0.15, 0.2) is 12.4 Å². The van der Waals surface area contributed by atoms with Gasteiger partial charge in [0.15, 0.2) is 0 Å². The van der Waals surface area contributed by atoms with Gasteiger partial charge in [-0.1, -0.05) is 0 Å². The molecule has 1 aliphatic heterocycles. The minimum atomic E-state index is -4.29. The number of alkyl halides is 3. The molecule has 5 nitrogen and oxygen atoms in total. The highest BCUT2D eigenvalue weighted by Gasteiger charge is 2.30. The molecule has 0 aliphatic carbocycles. The Balaban J connectivity index is 2.00. The van der Waals surface area contributed by atoms with Crippen LogP contribution in [0.3, 0.4) is 0 Å². The predicted molar refractivity (Wildman–Crippen MR) is 68.7 cm³/mol. The number of hydrogen-bond donors (Lipinski definition) is 0. The first-order valence-corrected chi connectivity index (χ1v) is 6.59. The maximum absolute atomic E-state index is 12.4. The Morgan fingerprint density at radius 1 is 1.38 bits per heavy atom. The monoisotopic (exact) mass is 303 g/mol. The van der Waals surface area contributed by atoms with E-state index in [2.05, 4.69) is 9.97 Å². The van der Waals surface area contributed by atoms with Gasteiger partial charge in [-0.25, -0.2) is 9.97 Å². The van der Waals surface area contributed by atoms with Crippen molar-refractivity contribution in [2.45, 2.75) is 25.4 Å². The van der Waals surface area contributed by atoms with Crippen molar-refractivity contribution in [3.8, 4) is 0 Å². The summed E-state index contributed by atoms with van der Waals surface area (Å²) in [6.45, 7) is 1.12. The summed E-state index contributed by atoms with van der Waals surface area (Å²) < 4.78 is 41.8. The van der Waals surface area contributed by atoms with Crippen LogP contribution in [-0.4, -0.2) is 42.3 Å². The molecule has 2 rings (SSSR count). The van der Waals surface area contributed by atoms with Gasteiger partial charge >= 0.3 is 12.1 Å². The summed E-state index contributed by atoms with van der Waals surface area (Å²) in [6, 6.07) is 1.35. The topological polar surface area (TPSA) is 55.3 Å². The van der Waals surface area contributed by atoms with Crippen LogP contribution in [0.5, 0.6) is 0 Å². The summed E-state index contributed by atoms with van der Waals surface area (Å²) in [5, 5.41) is 0. The zero-order chi connectivity index (χ0) is 15.5. The van der Waals surface area contributed by atoms with Crippen molar-refractivity contribution in [1.29, 1.82) is 0 Å². The maximum Gasteiger partial charge on any atom is 0.394 e. The van der Waals surface area contributed by atoms with E-state index in [0.29, 0.717) is 31.7 Å². The second-order valence-electron chi connectivity index (χ2n) is 4.94. The van der Waals surface area contributed by atoms with Gasteiger partial charge in [0.1, 0.15) is 12.1 Å². The summed E-state index contributed by atoms with van der Waals surface area (Å²) >= 11 is 0. The van der Waals surface area contributed by atoms with Crippen LogP contribution in [0.1, 0.15) is 18.5 Å². The number of hydrogen-bond acceptors (Lipinski definition) is 5. The Labute approximate surface area is 120 Å². The lowest BCUT2D eigenvalue weighted by molar-refractivity contribution is -0.146. The van der Waals surface area contributed by atoms with E-state index in [-0.39, 0.29) is 17.6 Å². The van der Waals surface area contributed by atoms with Crippen LogP contribution in [-0.2, 0) is 16.0 Å². The average molecular weight is 303 g/mol. The lowest BCUT2D eigenvalue weighted by atomic mass is 9.97. The number of aromatic nitrogens is 2. The molecule has 0 spiro atoms. The number of carbonyl (C=O) groups excluding carboxylic acids is 1. The lowest BCUT2D eigenvalue weighted by Gasteiger charge is -2.31. The average Bonchev–Trinajstić information content (AvgIpc) is 2.45. The maximum atomic E-state index is 12.4. The van der Waals surface area contributed by atoms with Crippen molar-refractivity contribution >= 4 is 11.8 Å². The molecule has 1 aromatic rings. The molecule has 1 saturated heterocycles. The molecular formula is C13H16F3N3O2. The van der Waals surface area contributed by atoms with Gasteiger partial charge in [-0.2, -0.15) is 13.2 Å². The Kier molecular flexibility index (Phi) is 4.64. The van der Waals surface area contributed by atoms with Crippen molar-refractivity contribution < 1.29 is 22.7 Å². The molecule has 0 radical (unpaired) electrons. The molecule has 8 heteroatoms. The minimum Gasteiger partial charge on any atom is -0.469 e. The number of esters is 1. The molecule has 1 fully saturated rings. The number of anilines is 1. The van der Waals surface area contributed by atoms with Gasteiger partial charge in [0.05, 0.1) is 25.1 Å². The van der Waals surface area contributed by atoms with Gasteiger partial charge in [0.2, 0.25) is 0 Å². The first-order chi connectivity index (χ1) is 9.89. The van der Waals surface area contributed by atoms with Crippen molar-refractivity contribution in [1.82, 2.24) is 9.97 Å². The summed E-state index contributed by atoms with van der Waals surface area (Å²) in [5.74, 6) is 0.0744. The first kappa shape index (κ1) is 15.5. The lowest BCUT2D eigenvalue weighted by Crippen LogP contribution is -2.37. The number of halogens is 3. The van der Waals surface area contributed by atoms with Crippen LogP contribution in [0, 0.1) is 5.92 Å². The zero-order valence-electron chi connectivity index (χ0n) is 11.6. The second-order valence-corrected chi connectivity index (χ2v) is 4.94. The Hall–Kier alpha value is -1.86. The number of carbonyl (C=O) groups is 1.